The van der Waals surface area contributed by atoms with Gasteiger partial charge in [-0.25, -0.2) is 4.39 Å². The van der Waals surface area contributed by atoms with Crippen molar-refractivity contribution < 1.29 is 18.7 Å². The minimum atomic E-state index is -0.570. The standard InChI is InChI=1S/C27H34ClFN4O4/c1-2-36-26-18-23(4-6-25(26)30-35)37-22-7-11-33(12-8-22)27(34)9-10-31-13-15-32(16-14-31)21-3-5-24(28)20(17-21)19-29/h3-6,17-18,22H,2,7-16,19H2,1H3. The van der Waals surface area contributed by atoms with Crippen molar-refractivity contribution >= 4 is 28.9 Å². The third-order valence-electron chi connectivity index (χ3n) is 6.98. The number of piperazine rings is 1. The Balaban J connectivity index is 1.18. The van der Waals surface area contributed by atoms with Gasteiger partial charge in [0.1, 0.15) is 24.2 Å². The molecular weight excluding hydrogens is 499 g/mol. The Kier molecular flexibility index (Phi) is 9.57. The molecule has 37 heavy (non-hydrogen) atoms. The number of nitrogens with zero attached hydrogens (tertiary/aromatic N) is 4. The minimum Gasteiger partial charge on any atom is -0.491 e. The molecule has 10 heteroatoms. The number of rotatable bonds is 10. The number of hydrogen-bond acceptors (Lipinski definition) is 7. The Labute approximate surface area is 222 Å². The Bertz CT molecular complexity index is 1070. The molecule has 4 rings (SSSR count). The predicted octanol–water partition coefficient (Wildman–Crippen LogP) is 5.19. The summed E-state index contributed by atoms with van der Waals surface area (Å²) in [5.74, 6) is 1.23. The van der Waals surface area contributed by atoms with E-state index in [1.807, 2.05) is 24.0 Å². The summed E-state index contributed by atoms with van der Waals surface area (Å²) >= 11 is 6.04. The van der Waals surface area contributed by atoms with Gasteiger partial charge < -0.3 is 19.3 Å². The zero-order chi connectivity index (χ0) is 26.2. The first-order chi connectivity index (χ1) is 18.0. The van der Waals surface area contributed by atoms with Gasteiger partial charge in [0.05, 0.1) is 6.61 Å². The molecule has 2 heterocycles. The van der Waals surface area contributed by atoms with Gasteiger partial charge in [0.25, 0.3) is 0 Å². The first-order valence-electron chi connectivity index (χ1n) is 12.9. The van der Waals surface area contributed by atoms with Crippen LogP contribution in [-0.2, 0) is 11.5 Å². The Morgan fingerprint density at radius 1 is 1.08 bits per heavy atom. The molecule has 0 bridgehead atoms. The molecule has 0 spiro atoms. The van der Waals surface area contributed by atoms with E-state index in [4.69, 9.17) is 21.1 Å². The third-order valence-corrected chi connectivity index (χ3v) is 7.35. The maximum atomic E-state index is 13.1. The maximum Gasteiger partial charge on any atom is 0.223 e. The van der Waals surface area contributed by atoms with Gasteiger partial charge in [-0.3, -0.25) is 9.69 Å². The summed E-state index contributed by atoms with van der Waals surface area (Å²) in [5.41, 5.74) is 1.76. The molecular formula is C27H34ClFN4O4. The third kappa shape index (κ3) is 7.11. The molecule has 2 saturated heterocycles. The molecule has 0 N–H and O–H groups in total. The normalized spacial score (nSPS) is 17.1. The van der Waals surface area contributed by atoms with E-state index in [1.54, 1.807) is 24.3 Å². The first-order valence-corrected chi connectivity index (χ1v) is 13.2. The second-order valence-corrected chi connectivity index (χ2v) is 9.75. The Hall–Kier alpha value is -2.91. The predicted molar refractivity (Wildman–Crippen MR) is 143 cm³/mol. The van der Waals surface area contributed by atoms with Gasteiger partial charge >= 0.3 is 0 Å². The van der Waals surface area contributed by atoms with Gasteiger partial charge in [-0.05, 0) is 42.4 Å². The van der Waals surface area contributed by atoms with Crippen molar-refractivity contribution in [1.29, 1.82) is 0 Å². The van der Waals surface area contributed by atoms with E-state index in [-0.39, 0.29) is 17.7 Å². The lowest BCUT2D eigenvalue weighted by Gasteiger charge is -2.37. The number of hydrogen-bond donors (Lipinski definition) is 0. The highest BCUT2D eigenvalue weighted by atomic mass is 35.5. The number of alkyl halides is 1. The van der Waals surface area contributed by atoms with Gasteiger partial charge in [0.2, 0.25) is 5.91 Å². The molecule has 2 aliphatic rings. The van der Waals surface area contributed by atoms with Gasteiger partial charge in [-0.15, -0.1) is 4.91 Å². The summed E-state index contributed by atoms with van der Waals surface area (Å²) in [6.07, 6.45) is 2.01. The van der Waals surface area contributed by atoms with Crippen LogP contribution in [0.25, 0.3) is 0 Å². The van der Waals surface area contributed by atoms with E-state index in [1.165, 1.54) is 0 Å². The van der Waals surface area contributed by atoms with Gasteiger partial charge in [0, 0.05) is 87.4 Å². The quantitative estimate of drug-likeness (QED) is 0.392. The lowest BCUT2D eigenvalue weighted by molar-refractivity contribution is -0.133. The van der Waals surface area contributed by atoms with E-state index in [0.29, 0.717) is 48.2 Å². The molecule has 2 aliphatic heterocycles. The van der Waals surface area contributed by atoms with Crippen LogP contribution in [0, 0.1) is 4.91 Å². The lowest BCUT2D eigenvalue weighted by Crippen LogP contribution is -2.48. The molecule has 2 fully saturated rings. The van der Waals surface area contributed by atoms with Crippen LogP contribution in [0.15, 0.2) is 41.6 Å². The second kappa shape index (κ2) is 13.1. The Morgan fingerprint density at radius 2 is 1.84 bits per heavy atom. The average Bonchev–Trinajstić information content (AvgIpc) is 2.93. The fourth-order valence-electron chi connectivity index (χ4n) is 4.83. The number of ether oxygens (including phenoxy) is 2. The fraction of sp³-hybridized carbons (Fsp3) is 0.519. The van der Waals surface area contributed by atoms with Crippen LogP contribution in [0.4, 0.5) is 15.8 Å². The minimum absolute atomic E-state index is 0.00687. The van der Waals surface area contributed by atoms with Crippen molar-refractivity contribution in [2.24, 2.45) is 5.18 Å². The van der Waals surface area contributed by atoms with E-state index >= 15 is 0 Å². The van der Waals surface area contributed by atoms with Gasteiger partial charge in [-0.2, -0.15) is 0 Å². The maximum absolute atomic E-state index is 13.1. The SMILES string of the molecule is CCOc1cc(OC2CCN(C(=O)CCN3CCN(c4ccc(Cl)c(CF)c4)CC3)CC2)ccc1N=O. The summed E-state index contributed by atoms with van der Waals surface area (Å²) in [7, 11) is 0. The monoisotopic (exact) mass is 532 g/mol. The molecule has 2 aromatic rings. The highest BCUT2D eigenvalue weighted by molar-refractivity contribution is 6.31. The lowest BCUT2D eigenvalue weighted by atomic mass is 10.1. The molecule has 8 nitrogen and oxygen atoms in total. The largest absolute Gasteiger partial charge is 0.491 e. The molecule has 200 valence electrons. The highest BCUT2D eigenvalue weighted by Crippen LogP contribution is 2.33. The summed E-state index contributed by atoms with van der Waals surface area (Å²) in [6.45, 7) is 7.16. The number of carbonyl (C=O) groups excluding carboxylic acids is 1. The van der Waals surface area contributed by atoms with Crippen molar-refractivity contribution in [2.45, 2.75) is 39.0 Å². The molecule has 0 aromatic heterocycles. The summed E-state index contributed by atoms with van der Waals surface area (Å²) in [5, 5.41) is 3.45. The number of nitroso groups, excluding NO2 is 1. The summed E-state index contributed by atoms with van der Waals surface area (Å²) in [6, 6.07) is 10.5. The van der Waals surface area contributed by atoms with Crippen LogP contribution in [0.5, 0.6) is 11.5 Å². The van der Waals surface area contributed by atoms with Crippen LogP contribution in [-0.4, -0.2) is 74.2 Å². The first kappa shape index (κ1) is 27.1. The highest BCUT2D eigenvalue weighted by Gasteiger charge is 2.25. The van der Waals surface area contributed by atoms with Crippen molar-refractivity contribution in [3.8, 4) is 11.5 Å². The number of halogens is 2. The number of anilines is 1. The van der Waals surface area contributed by atoms with Gasteiger partial charge in [-0.1, -0.05) is 11.6 Å². The number of carbonyl (C=O) groups is 1. The van der Waals surface area contributed by atoms with E-state index in [0.717, 1.165) is 51.3 Å². The van der Waals surface area contributed by atoms with Gasteiger partial charge in [0.15, 0.2) is 5.75 Å². The molecule has 0 atom stereocenters. The van der Waals surface area contributed by atoms with Crippen molar-refractivity contribution in [3.63, 3.8) is 0 Å². The van der Waals surface area contributed by atoms with Crippen LogP contribution < -0.4 is 14.4 Å². The smallest absolute Gasteiger partial charge is 0.223 e. The molecule has 1 amide bonds. The number of benzene rings is 2. The van der Waals surface area contributed by atoms with E-state index in [9.17, 15) is 14.1 Å². The summed E-state index contributed by atoms with van der Waals surface area (Å²) < 4.78 is 24.7. The molecule has 0 unspecified atom stereocenters. The molecule has 2 aromatic carbocycles. The molecule has 0 radical (unpaired) electrons. The number of amides is 1. The average molecular weight is 533 g/mol. The fourth-order valence-corrected chi connectivity index (χ4v) is 5.00. The van der Waals surface area contributed by atoms with Crippen molar-refractivity contribution in [2.75, 3.05) is 57.3 Å². The Morgan fingerprint density at radius 3 is 2.51 bits per heavy atom. The molecule has 0 saturated carbocycles. The van der Waals surface area contributed by atoms with E-state index < -0.39 is 6.67 Å². The topological polar surface area (TPSA) is 74.7 Å². The zero-order valence-electron chi connectivity index (χ0n) is 21.2. The van der Waals surface area contributed by atoms with E-state index in [2.05, 4.69) is 15.0 Å². The zero-order valence-corrected chi connectivity index (χ0v) is 22.0. The molecule has 0 aliphatic carbocycles. The van der Waals surface area contributed by atoms with Crippen LogP contribution in [0.1, 0.15) is 31.7 Å². The van der Waals surface area contributed by atoms with Crippen LogP contribution in [0.3, 0.4) is 0 Å². The van der Waals surface area contributed by atoms with Crippen molar-refractivity contribution in [1.82, 2.24) is 9.80 Å². The number of likely N-dealkylation sites (tertiary alicyclic amines) is 1. The number of piperidine rings is 1. The van der Waals surface area contributed by atoms with Crippen LogP contribution >= 0.6 is 11.6 Å². The summed E-state index contributed by atoms with van der Waals surface area (Å²) in [4.78, 5) is 30.2. The second-order valence-electron chi connectivity index (χ2n) is 9.34. The van der Waals surface area contributed by atoms with Crippen molar-refractivity contribution in [3.05, 3.63) is 51.9 Å². The van der Waals surface area contributed by atoms with Crippen LogP contribution in [0.2, 0.25) is 5.02 Å².